The van der Waals surface area contributed by atoms with E-state index in [0.29, 0.717) is 25.8 Å². The molecule has 0 aliphatic heterocycles. The molecular formula is C23H46N2O3. The molecule has 5 heteroatoms. The average molecular weight is 399 g/mol. The summed E-state index contributed by atoms with van der Waals surface area (Å²) in [5.41, 5.74) is 11.0. The number of rotatable bonds is 20. The van der Waals surface area contributed by atoms with Crippen LogP contribution in [0.15, 0.2) is 0 Å². The molecule has 0 aliphatic carbocycles. The predicted molar refractivity (Wildman–Crippen MR) is 117 cm³/mol. The van der Waals surface area contributed by atoms with E-state index in [1.807, 2.05) is 0 Å². The summed E-state index contributed by atoms with van der Waals surface area (Å²) < 4.78 is 4.78. The topological polar surface area (TPSA) is 95.4 Å². The number of hydrogen-bond acceptors (Lipinski definition) is 5. The smallest absolute Gasteiger partial charge is 0.330 e. The first-order valence-corrected chi connectivity index (χ1v) is 11.8. The maximum absolute atomic E-state index is 11.6. The van der Waals surface area contributed by atoms with Crippen molar-refractivity contribution in [3.05, 3.63) is 0 Å². The van der Waals surface area contributed by atoms with Crippen LogP contribution in [0.25, 0.3) is 0 Å². The Balaban J connectivity index is 3.32. The Morgan fingerprint density at radius 3 is 1.57 bits per heavy atom. The summed E-state index contributed by atoms with van der Waals surface area (Å²) in [5.74, 6) is -1.08. The third kappa shape index (κ3) is 18.4. The van der Waals surface area contributed by atoms with Crippen LogP contribution in [0.2, 0.25) is 0 Å². The molecule has 0 saturated heterocycles. The molecule has 166 valence electrons. The molecule has 0 aromatic rings. The van der Waals surface area contributed by atoms with Crippen LogP contribution < -0.4 is 11.5 Å². The van der Waals surface area contributed by atoms with E-state index in [1.165, 1.54) is 77.0 Å². The third-order valence-electron chi connectivity index (χ3n) is 5.22. The number of unbranched alkanes of at least 4 members (excludes halogenated alkanes) is 14. The molecule has 0 aromatic heterocycles. The van der Waals surface area contributed by atoms with Gasteiger partial charge in [0.05, 0.1) is 0 Å². The van der Waals surface area contributed by atoms with Gasteiger partial charge in [0.1, 0.15) is 6.04 Å². The molecular weight excluding hydrogens is 352 g/mol. The number of carbonyl (C=O) groups is 2. The van der Waals surface area contributed by atoms with E-state index in [1.54, 1.807) is 0 Å². The van der Waals surface area contributed by atoms with Crippen LogP contribution in [-0.4, -0.2) is 24.5 Å². The fraction of sp³-hybridized carbons (Fsp3) is 0.913. The summed E-state index contributed by atoms with van der Waals surface area (Å²) in [5, 5.41) is 0. The van der Waals surface area contributed by atoms with Gasteiger partial charge in [0, 0.05) is 6.42 Å². The number of ether oxygens (including phenoxy) is 1. The second kappa shape index (κ2) is 20.8. The Hall–Kier alpha value is -0.940. The standard InChI is InChI=1S/C23H46N2O3/c1-2-3-4-5-6-7-8-9-10-11-12-13-14-15-16-19-22(26)28-23(27)21(25)18-17-20-24/h21H,2-20,24-25H2,1H3/t21-/m1/s1. The quantitative estimate of drug-likeness (QED) is 0.163. The van der Waals surface area contributed by atoms with E-state index in [9.17, 15) is 9.59 Å². The zero-order valence-electron chi connectivity index (χ0n) is 18.4. The van der Waals surface area contributed by atoms with Crippen LogP contribution in [-0.2, 0) is 14.3 Å². The van der Waals surface area contributed by atoms with Crippen molar-refractivity contribution in [3.8, 4) is 0 Å². The minimum Gasteiger partial charge on any atom is -0.392 e. The highest BCUT2D eigenvalue weighted by atomic mass is 16.6. The van der Waals surface area contributed by atoms with E-state index >= 15 is 0 Å². The van der Waals surface area contributed by atoms with Crippen LogP contribution in [0.1, 0.15) is 122 Å². The minimum atomic E-state index is -0.742. The van der Waals surface area contributed by atoms with Crippen LogP contribution in [0.4, 0.5) is 0 Å². The lowest BCUT2D eigenvalue weighted by atomic mass is 10.0. The van der Waals surface area contributed by atoms with Crippen molar-refractivity contribution in [2.24, 2.45) is 11.5 Å². The summed E-state index contributed by atoms with van der Waals surface area (Å²) in [6, 6.07) is -0.742. The van der Waals surface area contributed by atoms with Crippen molar-refractivity contribution < 1.29 is 14.3 Å². The van der Waals surface area contributed by atoms with Gasteiger partial charge in [0.15, 0.2) is 0 Å². The zero-order valence-corrected chi connectivity index (χ0v) is 18.4. The number of nitrogens with two attached hydrogens (primary N) is 2. The normalized spacial score (nSPS) is 12.1. The first-order valence-electron chi connectivity index (χ1n) is 11.8. The molecule has 0 aromatic carbocycles. The van der Waals surface area contributed by atoms with Crippen LogP contribution in [0.5, 0.6) is 0 Å². The van der Waals surface area contributed by atoms with Gasteiger partial charge in [-0.25, -0.2) is 4.79 Å². The van der Waals surface area contributed by atoms with Gasteiger partial charge in [0.25, 0.3) is 0 Å². The Kier molecular flexibility index (Phi) is 20.1. The minimum absolute atomic E-state index is 0.299. The summed E-state index contributed by atoms with van der Waals surface area (Å²) in [4.78, 5) is 23.3. The lowest BCUT2D eigenvalue weighted by Crippen LogP contribution is -2.34. The highest BCUT2D eigenvalue weighted by Crippen LogP contribution is 2.13. The van der Waals surface area contributed by atoms with Crippen molar-refractivity contribution in [2.75, 3.05) is 6.54 Å². The van der Waals surface area contributed by atoms with Crippen molar-refractivity contribution in [2.45, 2.75) is 129 Å². The molecule has 0 fully saturated rings. The number of esters is 2. The van der Waals surface area contributed by atoms with E-state index in [0.717, 1.165) is 19.3 Å². The number of hydrogen-bond donors (Lipinski definition) is 2. The molecule has 4 N–H and O–H groups in total. The molecule has 28 heavy (non-hydrogen) atoms. The van der Waals surface area contributed by atoms with Gasteiger partial charge >= 0.3 is 11.9 Å². The maximum atomic E-state index is 11.6. The van der Waals surface area contributed by atoms with Crippen LogP contribution in [0, 0.1) is 0 Å². The number of carbonyl (C=O) groups excluding carboxylic acids is 2. The Morgan fingerprint density at radius 1 is 0.714 bits per heavy atom. The highest BCUT2D eigenvalue weighted by molar-refractivity contribution is 5.88. The molecule has 0 rings (SSSR count). The lowest BCUT2D eigenvalue weighted by molar-refractivity contribution is -0.160. The largest absolute Gasteiger partial charge is 0.392 e. The van der Waals surface area contributed by atoms with Crippen molar-refractivity contribution in [3.63, 3.8) is 0 Å². The summed E-state index contributed by atoms with van der Waals surface area (Å²) in [7, 11) is 0. The first kappa shape index (κ1) is 27.1. The SMILES string of the molecule is CCCCCCCCCCCCCCCCCC(=O)OC(=O)[C@H](N)CCCN. The van der Waals surface area contributed by atoms with Crippen LogP contribution in [0.3, 0.4) is 0 Å². The highest BCUT2D eigenvalue weighted by Gasteiger charge is 2.17. The average Bonchev–Trinajstić information content (AvgIpc) is 2.68. The van der Waals surface area contributed by atoms with E-state index in [-0.39, 0.29) is 0 Å². The van der Waals surface area contributed by atoms with Gasteiger partial charge in [-0.15, -0.1) is 0 Å². The van der Waals surface area contributed by atoms with Crippen molar-refractivity contribution in [1.82, 2.24) is 0 Å². The monoisotopic (exact) mass is 398 g/mol. The zero-order chi connectivity index (χ0) is 20.9. The van der Waals surface area contributed by atoms with Gasteiger partial charge in [-0.3, -0.25) is 4.79 Å². The van der Waals surface area contributed by atoms with E-state index in [2.05, 4.69) is 6.92 Å². The van der Waals surface area contributed by atoms with E-state index in [4.69, 9.17) is 16.2 Å². The molecule has 0 unspecified atom stereocenters. The van der Waals surface area contributed by atoms with Crippen molar-refractivity contribution >= 4 is 11.9 Å². The Bertz CT molecular complexity index is 375. The molecule has 0 amide bonds. The maximum Gasteiger partial charge on any atom is 0.330 e. The van der Waals surface area contributed by atoms with Gasteiger partial charge < -0.3 is 16.2 Å². The Labute approximate surface area is 173 Å². The summed E-state index contributed by atoms with van der Waals surface area (Å²) in [6.07, 6.45) is 20.7. The molecule has 0 aliphatic rings. The van der Waals surface area contributed by atoms with Gasteiger partial charge in [0.2, 0.25) is 0 Å². The van der Waals surface area contributed by atoms with E-state index < -0.39 is 18.0 Å². The molecule has 0 heterocycles. The van der Waals surface area contributed by atoms with Crippen molar-refractivity contribution in [1.29, 1.82) is 0 Å². The third-order valence-corrected chi connectivity index (χ3v) is 5.22. The summed E-state index contributed by atoms with van der Waals surface area (Å²) >= 11 is 0. The molecule has 0 saturated carbocycles. The molecule has 0 bridgehead atoms. The van der Waals surface area contributed by atoms with Gasteiger partial charge in [-0.1, -0.05) is 96.8 Å². The predicted octanol–water partition coefficient (Wildman–Crippen LogP) is 5.38. The van der Waals surface area contributed by atoms with Crippen LogP contribution >= 0.6 is 0 Å². The summed E-state index contributed by atoms with van der Waals surface area (Å²) in [6.45, 7) is 2.74. The fourth-order valence-corrected chi connectivity index (χ4v) is 3.34. The second-order valence-corrected chi connectivity index (χ2v) is 8.03. The molecule has 1 atom stereocenters. The first-order chi connectivity index (χ1) is 13.6. The fourth-order valence-electron chi connectivity index (χ4n) is 3.34. The van der Waals surface area contributed by atoms with Gasteiger partial charge in [-0.05, 0) is 25.8 Å². The molecule has 5 nitrogen and oxygen atoms in total. The Morgan fingerprint density at radius 2 is 1.14 bits per heavy atom. The lowest BCUT2D eigenvalue weighted by Gasteiger charge is -2.09. The second-order valence-electron chi connectivity index (χ2n) is 8.03. The van der Waals surface area contributed by atoms with Gasteiger partial charge in [-0.2, -0.15) is 0 Å². The molecule has 0 spiro atoms. The molecule has 0 radical (unpaired) electrons.